The van der Waals surface area contributed by atoms with Crippen LogP contribution in [0.25, 0.3) is 21.9 Å². The Kier molecular flexibility index (Phi) is 5.37. The highest BCUT2D eigenvalue weighted by atomic mass is 16.7. The molecule has 4 rings (SSSR count). The van der Waals surface area contributed by atoms with Crippen molar-refractivity contribution in [2.75, 3.05) is 13.7 Å². The van der Waals surface area contributed by atoms with Gasteiger partial charge in [0.1, 0.15) is 57.9 Å². The van der Waals surface area contributed by atoms with E-state index in [2.05, 4.69) is 0 Å². The maximum atomic E-state index is 13.2. The summed E-state index contributed by atoms with van der Waals surface area (Å²) >= 11 is 0. The monoisotopic (exact) mass is 436 g/mol. The second-order valence-electron chi connectivity index (χ2n) is 7.05. The lowest BCUT2D eigenvalue weighted by Gasteiger charge is -2.39. The zero-order chi connectivity index (χ0) is 22.4. The van der Waals surface area contributed by atoms with Gasteiger partial charge in [0.25, 0.3) is 0 Å². The molecule has 0 saturated carbocycles. The molecule has 0 radical (unpaired) electrons. The first-order valence-corrected chi connectivity index (χ1v) is 9.23. The van der Waals surface area contributed by atoms with Crippen molar-refractivity contribution in [1.29, 1.82) is 0 Å². The average Bonchev–Trinajstić information content (AvgIpc) is 2.76. The van der Waals surface area contributed by atoms with E-state index in [0.29, 0.717) is 0 Å². The molecule has 1 aromatic heterocycles. The molecule has 1 aliphatic rings. The molecule has 11 heteroatoms. The predicted octanol–water partition coefficient (Wildman–Crippen LogP) is -0.455. The van der Waals surface area contributed by atoms with Crippen LogP contribution in [0.3, 0.4) is 0 Å². The van der Waals surface area contributed by atoms with Gasteiger partial charge in [0.2, 0.25) is 11.7 Å². The SMILES string of the molecule is COc1cc(OC2O[C@H](CO)[C@@H](O)[C@H](O)[C@H]2O)c2c(=O)c3c(O)c(O)ccc3oc2c1. The maximum absolute atomic E-state index is 13.2. The van der Waals surface area contributed by atoms with Crippen LogP contribution in [-0.4, -0.2) is 75.1 Å². The molecule has 11 nitrogen and oxygen atoms in total. The molecule has 166 valence electrons. The van der Waals surface area contributed by atoms with Crippen LogP contribution in [0.2, 0.25) is 0 Å². The summed E-state index contributed by atoms with van der Waals surface area (Å²) in [5.41, 5.74) is -0.728. The molecule has 3 aromatic rings. The second kappa shape index (κ2) is 7.87. The first-order valence-electron chi connectivity index (χ1n) is 9.23. The Bertz CT molecular complexity index is 1190. The third-order valence-corrected chi connectivity index (χ3v) is 5.16. The average molecular weight is 436 g/mol. The van der Waals surface area contributed by atoms with Crippen molar-refractivity contribution in [3.05, 3.63) is 34.5 Å². The van der Waals surface area contributed by atoms with Crippen LogP contribution in [0.15, 0.2) is 33.5 Å². The number of hydrogen-bond acceptors (Lipinski definition) is 11. The Morgan fingerprint density at radius 2 is 1.74 bits per heavy atom. The van der Waals surface area contributed by atoms with Crippen molar-refractivity contribution in [1.82, 2.24) is 0 Å². The number of aliphatic hydroxyl groups excluding tert-OH is 4. The predicted molar refractivity (Wildman–Crippen MR) is 104 cm³/mol. The number of fused-ring (bicyclic) bond motifs is 2. The number of phenolic OH excluding ortho intramolecular Hbond substituents is 2. The molecule has 2 heterocycles. The normalized spacial score (nSPS) is 26.3. The summed E-state index contributed by atoms with van der Waals surface area (Å²) in [6.07, 6.45) is -7.79. The molecule has 1 fully saturated rings. The fourth-order valence-corrected chi connectivity index (χ4v) is 3.48. The number of methoxy groups -OCH3 is 1. The molecule has 5 atom stereocenters. The zero-order valence-electron chi connectivity index (χ0n) is 16.1. The van der Waals surface area contributed by atoms with Gasteiger partial charge in [0, 0.05) is 12.1 Å². The number of hydrogen-bond donors (Lipinski definition) is 6. The fraction of sp³-hybridized carbons (Fsp3) is 0.350. The van der Waals surface area contributed by atoms with Crippen LogP contribution in [0.1, 0.15) is 0 Å². The number of aliphatic hydroxyl groups is 4. The number of rotatable bonds is 4. The minimum absolute atomic E-state index is 0.000145. The standard InChI is InChI=1S/C20H20O11/c1-28-7-4-10-13(17(25)14-9(29-10)3-2-8(22)15(14)23)11(5-7)30-20-19(27)18(26)16(24)12(6-21)31-20/h2-5,12,16,18-24,26-27H,6H2,1H3/t12-,16-,18+,19-,20?/m1/s1. The smallest absolute Gasteiger partial charge is 0.229 e. The maximum Gasteiger partial charge on any atom is 0.229 e. The molecule has 0 aliphatic carbocycles. The van der Waals surface area contributed by atoms with E-state index in [1.54, 1.807) is 0 Å². The van der Waals surface area contributed by atoms with Crippen molar-refractivity contribution >= 4 is 21.9 Å². The van der Waals surface area contributed by atoms with E-state index in [9.17, 15) is 35.4 Å². The van der Waals surface area contributed by atoms with Crippen molar-refractivity contribution in [3.63, 3.8) is 0 Å². The van der Waals surface area contributed by atoms with Crippen LogP contribution in [0.5, 0.6) is 23.0 Å². The molecule has 1 unspecified atom stereocenters. The summed E-state index contributed by atoms with van der Waals surface area (Å²) in [6.45, 7) is -0.663. The lowest BCUT2D eigenvalue weighted by molar-refractivity contribution is -0.277. The van der Waals surface area contributed by atoms with Crippen LogP contribution >= 0.6 is 0 Å². The summed E-state index contributed by atoms with van der Waals surface area (Å²) < 4.78 is 21.8. The van der Waals surface area contributed by atoms with Gasteiger partial charge in [-0.05, 0) is 12.1 Å². The molecule has 6 N–H and O–H groups in total. The third kappa shape index (κ3) is 3.42. The highest BCUT2D eigenvalue weighted by Crippen LogP contribution is 2.37. The highest BCUT2D eigenvalue weighted by molar-refractivity contribution is 5.97. The van der Waals surface area contributed by atoms with E-state index in [1.807, 2.05) is 0 Å². The molecule has 2 aromatic carbocycles. The largest absolute Gasteiger partial charge is 0.504 e. The van der Waals surface area contributed by atoms with Crippen molar-refractivity contribution in [3.8, 4) is 23.0 Å². The van der Waals surface area contributed by atoms with Crippen molar-refractivity contribution < 1.29 is 49.3 Å². The third-order valence-electron chi connectivity index (χ3n) is 5.16. The molecular weight excluding hydrogens is 416 g/mol. The summed E-state index contributed by atoms with van der Waals surface area (Å²) in [4.78, 5) is 13.2. The Morgan fingerprint density at radius 3 is 2.42 bits per heavy atom. The number of aromatic hydroxyl groups is 2. The first kappa shape index (κ1) is 21.2. The van der Waals surface area contributed by atoms with Gasteiger partial charge in [-0.25, -0.2) is 0 Å². The Balaban J connectivity index is 1.89. The molecule has 0 bridgehead atoms. The van der Waals surface area contributed by atoms with E-state index in [-0.39, 0.29) is 33.4 Å². The van der Waals surface area contributed by atoms with Gasteiger partial charge in [-0.15, -0.1) is 0 Å². The van der Waals surface area contributed by atoms with Gasteiger partial charge >= 0.3 is 0 Å². The van der Waals surface area contributed by atoms with E-state index >= 15 is 0 Å². The summed E-state index contributed by atoms with van der Waals surface area (Å²) in [6, 6.07) is 5.17. The van der Waals surface area contributed by atoms with Gasteiger partial charge < -0.3 is 49.3 Å². The highest BCUT2D eigenvalue weighted by Gasteiger charge is 2.45. The van der Waals surface area contributed by atoms with E-state index < -0.39 is 54.2 Å². The molecular formula is C20H20O11. The van der Waals surface area contributed by atoms with Gasteiger partial charge in [-0.2, -0.15) is 0 Å². The van der Waals surface area contributed by atoms with E-state index in [1.165, 1.54) is 25.3 Å². The van der Waals surface area contributed by atoms with Gasteiger partial charge in [-0.1, -0.05) is 0 Å². The van der Waals surface area contributed by atoms with Crippen LogP contribution in [-0.2, 0) is 4.74 Å². The van der Waals surface area contributed by atoms with Gasteiger partial charge in [0.15, 0.2) is 11.5 Å². The van der Waals surface area contributed by atoms with Crippen molar-refractivity contribution in [2.45, 2.75) is 30.7 Å². The zero-order valence-corrected chi connectivity index (χ0v) is 16.1. The Labute approximate surface area is 173 Å². The quantitative estimate of drug-likeness (QED) is 0.230. The number of benzene rings is 2. The summed E-state index contributed by atoms with van der Waals surface area (Å²) in [5, 5.41) is 59.0. The first-order chi connectivity index (χ1) is 14.8. The van der Waals surface area contributed by atoms with Crippen LogP contribution in [0.4, 0.5) is 0 Å². The lowest BCUT2D eigenvalue weighted by atomic mass is 9.99. The van der Waals surface area contributed by atoms with Gasteiger partial charge in [-0.3, -0.25) is 4.79 Å². The Morgan fingerprint density at radius 1 is 1.00 bits per heavy atom. The molecule has 0 spiro atoms. The van der Waals surface area contributed by atoms with Crippen LogP contribution < -0.4 is 14.9 Å². The number of phenols is 2. The van der Waals surface area contributed by atoms with Crippen molar-refractivity contribution in [2.24, 2.45) is 0 Å². The summed E-state index contributed by atoms with van der Waals surface area (Å²) in [7, 11) is 1.36. The topological polar surface area (TPSA) is 179 Å². The molecule has 0 amide bonds. The molecule has 1 aliphatic heterocycles. The van der Waals surface area contributed by atoms with Gasteiger partial charge in [0.05, 0.1) is 13.7 Å². The molecule has 1 saturated heterocycles. The molecule has 31 heavy (non-hydrogen) atoms. The lowest BCUT2D eigenvalue weighted by Crippen LogP contribution is -2.60. The van der Waals surface area contributed by atoms with E-state index in [0.717, 1.165) is 6.07 Å². The minimum atomic E-state index is -1.72. The minimum Gasteiger partial charge on any atom is -0.504 e. The Hall–Kier alpha value is -3.09. The summed E-state index contributed by atoms with van der Waals surface area (Å²) in [5.74, 6) is -1.17. The van der Waals surface area contributed by atoms with Crippen LogP contribution in [0, 0.1) is 0 Å². The number of ether oxygens (including phenoxy) is 3. The van der Waals surface area contributed by atoms with E-state index in [4.69, 9.17) is 18.6 Å². The fourth-order valence-electron chi connectivity index (χ4n) is 3.48. The second-order valence-corrected chi connectivity index (χ2v) is 7.05.